The Morgan fingerprint density at radius 2 is 1.96 bits per heavy atom. The highest BCUT2D eigenvalue weighted by molar-refractivity contribution is 7.13. The third-order valence-corrected chi connectivity index (χ3v) is 6.22. The van der Waals surface area contributed by atoms with Crippen molar-refractivity contribution >= 4 is 17.2 Å². The molecule has 3 aromatic rings. The zero-order chi connectivity index (χ0) is 19.5. The van der Waals surface area contributed by atoms with Crippen LogP contribution in [0.3, 0.4) is 0 Å². The van der Waals surface area contributed by atoms with Gasteiger partial charge in [-0.25, -0.2) is 4.68 Å². The lowest BCUT2D eigenvalue weighted by molar-refractivity contribution is -0.134. The molecule has 6 heteroatoms. The van der Waals surface area contributed by atoms with Gasteiger partial charge in [0.25, 0.3) is 5.56 Å². The van der Waals surface area contributed by atoms with E-state index in [1.54, 1.807) is 28.2 Å². The third kappa shape index (κ3) is 3.78. The minimum Gasteiger partial charge on any atom is -0.340 e. The first-order valence-corrected chi connectivity index (χ1v) is 10.5. The lowest BCUT2D eigenvalue weighted by atomic mass is 9.97. The summed E-state index contributed by atoms with van der Waals surface area (Å²) in [5.41, 5.74) is 1.70. The van der Waals surface area contributed by atoms with Gasteiger partial charge in [-0.3, -0.25) is 9.59 Å². The molecule has 0 aliphatic carbocycles. The Balaban J connectivity index is 1.55. The standard InChI is InChI=1S/C22H23N3O2S/c1-16(17-7-3-2-4-8-17)22(27)24-13-5-9-18(15-24)25-21(26)12-11-19(23-25)20-10-6-14-28-20/h2-4,6-8,10-12,14,16,18H,5,9,13,15H2,1H3/t16-,18+/m0/s1. The molecule has 3 heterocycles. The van der Waals surface area contributed by atoms with Crippen molar-refractivity contribution in [3.63, 3.8) is 0 Å². The van der Waals surface area contributed by atoms with Crippen LogP contribution in [0.4, 0.5) is 0 Å². The summed E-state index contributed by atoms with van der Waals surface area (Å²) < 4.78 is 1.57. The van der Waals surface area contributed by atoms with E-state index in [0.717, 1.165) is 35.5 Å². The first-order chi connectivity index (χ1) is 13.6. The molecule has 1 aliphatic heterocycles. The van der Waals surface area contributed by atoms with Crippen LogP contribution in [-0.2, 0) is 4.79 Å². The molecule has 1 aromatic carbocycles. The maximum Gasteiger partial charge on any atom is 0.267 e. The lowest BCUT2D eigenvalue weighted by Gasteiger charge is -2.34. The minimum absolute atomic E-state index is 0.0897. The van der Waals surface area contributed by atoms with E-state index >= 15 is 0 Å². The van der Waals surface area contributed by atoms with E-state index in [1.165, 1.54) is 0 Å². The number of aromatic nitrogens is 2. The quantitative estimate of drug-likeness (QED) is 0.675. The molecule has 1 aliphatic rings. The summed E-state index contributed by atoms with van der Waals surface area (Å²) in [4.78, 5) is 28.4. The summed E-state index contributed by atoms with van der Waals surface area (Å²) in [6.45, 7) is 3.20. The fourth-order valence-corrected chi connectivity index (χ4v) is 4.45. The maximum atomic E-state index is 13.0. The number of thiophene rings is 1. The summed E-state index contributed by atoms with van der Waals surface area (Å²) in [5.74, 6) is -0.0829. The Bertz CT molecular complexity index is 998. The second-order valence-electron chi connectivity index (χ2n) is 7.19. The van der Waals surface area contributed by atoms with Gasteiger partial charge in [0.05, 0.1) is 16.8 Å². The van der Waals surface area contributed by atoms with Crippen molar-refractivity contribution in [1.29, 1.82) is 0 Å². The number of piperidine rings is 1. The molecule has 2 atom stereocenters. The molecule has 0 saturated carbocycles. The van der Waals surface area contributed by atoms with Crippen molar-refractivity contribution in [2.24, 2.45) is 0 Å². The first-order valence-electron chi connectivity index (χ1n) is 9.61. The number of hydrogen-bond donors (Lipinski definition) is 0. The van der Waals surface area contributed by atoms with Gasteiger partial charge < -0.3 is 4.90 Å². The molecule has 4 rings (SSSR count). The number of carbonyl (C=O) groups is 1. The minimum atomic E-state index is -0.193. The third-order valence-electron chi connectivity index (χ3n) is 5.32. The van der Waals surface area contributed by atoms with E-state index < -0.39 is 0 Å². The number of amides is 1. The van der Waals surface area contributed by atoms with Crippen LogP contribution in [-0.4, -0.2) is 33.7 Å². The number of likely N-dealkylation sites (tertiary alicyclic amines) is 1. The van der Waals surface area contributed by atoms with Gasteiger partial charge in [0.2, 0.25) is 5.91 Å². The van der Waals surface area contributed by atoms with E-state index in [4.69, 9.17) is 0 Å². The zero-order valence-electron chi connectivity index (χ0n) is 15.8. The van der Waals surface area contributed by atoms with E-state index in [9.17, 15) is 9.59 Å². The largest absolute Gasteiger partial charge is 0.340 e. The van der Waals surface area contributed by atoms with Crippen molar-refractivity contribution in [3.8, 4) is 10.6 Å². The Morgan fingerprint density at radius 3 is 2.71 bits per heavy atom. The van der Waals surface area contributed by atoms with Gasteiger partial charge in [-0.15, -0.1) is 11.3 Å². The normalized spacial score (nSPS) is 18.0. The predicted molar refractivity (Wildman–Crippen MR) is 112 cm³/mol. The monoisotopic (exact) mass is 393 g/mol. The van der Waals surface area contributed by atoms with Gasteiger partial charge in [-0.1, -0.05) is 36.4 Å². The molecule has 1 fully saturated rings. The van der Waals surface area contributed by atoms with Crippen LogP contribution < -0.4 is 5.56 Å². The molecule has 0 N–H and O–H groups in total. The van der Waals surface area contributed by atoms with Crippen molar-refractivity contribution in [2.75, 3.05) is 13.1 Å². The van der Waals surface area contributed by atoms with Crippen molar-refractivity contribution in [1.82, 2.24) is 14.7 Å². The second kappa shape index (κ2) is 8.10. The van der Waals surface area contributed by atoms with Gasteiger partial charge in [-0.05, 0) is 42.8 Å². The van der Waals surface area contributed by atoms with E-state index in [-0.39, 0.29) is 23.4 Å². The average Bonchev–Trinajstić information content (AvgIpc) is 3.29. The molecule has 5 nitrogen and oxygen atoms in total. The Morgan fingerprint density at radius 1 is 1.14 bits per heavy atom. The summed E-state index contributed by atoms with van der Waals surface area (Å²) in [7, 11) is 0. The summed E-state index contributed by atoms with van der Waals surface area (Å²) >= 11 is 1.60. The van der Waals surface area contributed by atoms with Gasteiger partial charge in [0.1, 0.15) is 5.69 Å². The molecular weight excluding hydrogens is 370 g/mol. The van der Waals surface area contributed by atoms with E-state index in [1.807, 2.05) is 59.7 Å². The number of nitrogens with zero attached hydrogens (tertiary/aromatic N) is 3. The van der Waals surface area contributed by atoms with Crippen LogP contribution in [0.5, 0.6) is 0 Å². The average molecular weight is 394 g/mol. The van der Waals surface area contributed by atoms with Crippen LogP contribution in [0.1, 0.15) is 37.3 Å². The Hall–Kier alpha value is -2.73. The van der Waals surface area contributed by atoms with Crippen LogP contribution in [0.25, 0.3) is 10.6 Å². The van der Waals surface area contributed by atoms with Gasteiger partial charge in [-0.2, -0.15) is 5.10 Å². The summed E-state index contributed by atoms with van der Waals surface area (Å²) in [6.07, 6.45) is 1.72. The topological polar surface area (TPSA) is 55.2 Å². The molecule has 0 radical (unpaired) electrons. The maximum absolute atomic E-state index is 13.0. The lowest BCUT2D eigenvalue weighted by Crippen LogP contribution is -2.44. The van der Waals surface area contributed by atoms with Crippen LogP contribution in [0.15, 0.2) is 64.8 Å². The molecule has 0 spiro atoms. The number of rotatable bonds is 4. The molecule has 1 amide bonds. The first kappa shape index (κ1) is 18.6. The van der Waals surface area contributed by atoms with Crippen molar-refractivity contribution in [2.45, 2.75) is 31.7 Å². The Labute approximate surface area is 168 Å². The predicted octanol–water partition coefficient (Wildman–Crippen LogP) is 3.94. The second-order valence-corrected chi connectivity index (χ2v) is 8.14. The number of benzene rings is 1. The molecule has 144 valence electrons. The summed E-state index contributed by atoms with van der Waals surface area (Å²) in [5, 5.41) is 6.61. The van der Waals surface area contributed by atoms with E-state index in [2.05, 4.69) is 5.10 Å². The highest BCUT2D eigenvalue weighted by atomic mass is 32.1. The van der Waals surface area contributed by atoms with Gasteiger partial charge >= 0.3 is 0 Å². The highest BCUT2D eigenvalue weighted by Crippen LogP contribution is 2.26. The molecule has 2 aromatic heterocycles. The van der Waals surface area contributed by atoms with Crippen molar-refractivity contribution < 1.29 is 4.79 Å². The number of carbonyl (C=O) groups excluding carboxylic acids is 1. The molecule has 1 saturated heterocycles. The molecule has 0 unspecified atom stereocenters. The smallest absolute Gasteiger partial charge is 0.267 e. The number of hydrogen-bond acceptors (Lipinski definition) is 4. The van der Waals surface area contributed by atoms with E-state index in [0.29, 0.717) is 6.54 Å². The Kier molecular flexibility index (Phi) is 5.39. The summed E-state index contributed by atoms with van der Waals surface area (Å²) in [6, 6.07) is 17.1. The van der Waals surface area contributed by atoms with Gasteiger partial charge in [0, 0.05) is 19.2 Å². The van der Waals surface area contributed by atoms with Crippen LogP contribution in [0, 0.1) is 0 Å². The molecule has 28 heavy (non-hydrogen) atoms. The van der Waals surface area contributed by atoms with Crippen molar-refractivity contribution in [3.05, 3.63) is 75.9 Å². The van der Waals surface area contributed by atoms with Crippen LogP contribution >= 0.6 is 11.3 Å². The SMILES string of the molecule is C[C@H](C(=O)N1CCC[C@@H](n2nc(-c3cccs3)ccc2=O)C1)c1ccccc1. The van der Waals surface area contributed by atoms with Gasteiger partial charge in [0.15, 0.2) is 0 Å². The zero-order valence-corrected chi connectivity index (χ0v) is 16.6. The fraction of sp³-hybridized carbons (Fsp3) is 0.318. The molecular formula is C22H23N3O2S. The van der Waals surface area contributed by atoms with Crippen LogP contribution in [0.2, 0.25) is 0 Å². The highest BCUT2D eigenvalue weighted by Gasteiger charge is 2.29. The molecule has 0 bridgehead atoms. The fourth-order valence-electron chi connectivity index (χ4n) is 3.76.